The van der Waals surface area contributed by atoms with Crippen molar-refractivity contribution in [3.05, 3.63) is 65.2 Å². The Morgan fingerprint density at radius 2 is 1.90 bits per heavy atom. The van der Waals surface area contributed by atoms with Crippen molar-refractivity contribution in [2.45, 2.75) is 37.6 Å². The average Bonchev–Trinajstić information content (AvgIpc) is 2.99. The van der Waals surface area contributed by atoms with Gasteiger partial charge in [0.1, 0.15) is 5.75 Å². The van der Waals surface area contributed by atoms with Gasteiger partial charge in [0.15, 0.2) is 0 Å². The molecule has 21 heavy (non-hydrogen) atoms. The van der Waals surface area contributed by atoms with Gasteiger partial charge >= 0.3 is 0 Å². The molecule has 0 heterocycles. The van der Waals surface area contributed by atoms with Gasteiger partial charge in [-0.3, -0.25) is 0 Å². The summed E-state index contributed by atoms with van der Waals surface area (Å²) in [6.45, 7) is 2.18. The maximum atomic E-state index is 6.91. The fraction of sp³-hybridized carbons (Fsp3) is 0.368. The molecule has 0 aromatic heterocycles. The molecule has 0 saturated heterocycles. The zero-order valence-corrected chi connectivity index (χ0v) is 12.8. The van der Waals surface area contributed by atoms with Gasteiger partial charge in [-0.1, -0.05) is 49.4 Å². The second-order valence-corrected chi connectivity index (χ2v) is 5.88. The normalized spacial score (nSPS) is 19.9. The molecule has 2 unspecified atom stereocenters. The predicted octanol–water partition coefficient (Wildman–Crippen LogP) is 3.99. The van der Waals surface area contributed by atoms with Gasteiger partial charge < -0.3 is 10.5 Å². The predicted molar refractivity (Wildman–Crippen MR) is 86.7 cm³/mol. The Balaban J connectivity index is 2.10. The van der Waals surface area contributed by atoms with Crippen LogP contribution in [-0.2, 0) is 12.0 Å². The fourth-order valence-corrected chi connectivity index (χ4v) is 3.74. The molecule has 2 aromatic carbocycles. The van der Waals surface area contributed by atoms with Crippen LogP contribution in [0.3, 0.4) is 0 Å². The first-order chi connectivity index (χ1) is 10.2. The molecule has 2 nitrogen and oxygen atoms in total. The van der Waals surface area contributed by atoms with Gasteiger partial charge in [0.2, 0.25) is 0 Å². The molecule has 0 amide bonds. The largest absolute Gasteiger partial charge is 0.496 e. The maximum absolute atomic E-state index is 6.91. The number of methoxy groups -OCH3 is 1. The molecule has 0 aliphatic heterocycles. The lowest BCUT2D eigenvalue weighted by Gasteiger charge is -2.36. The van der Waals surface area contributed by atoms with Crippen LogP contribution in [-0.4, -0.2) is 7.11 Å². The van der Waals surface area contributed by atoms with Crippen molar-refractivity contribution in [2.24, 2.45) is 5.73 Å². The van der Waals surface area contributed by atoms with Crippen LogP contribution < -0.4 is 10.5 Å². The number of nitrogens with two attached hydrogens (primary N) is 1. The lowest BCUT2D eigenvalue weighted by Crippen LogP contribution is -2.41. The van der Waals surface area contributed by atoms with Crippen molar-refractivity contribution < 1.29 is 4.74 Å². The number of hydrogen-bond donors (Lipinski definition) is 1. The van der Waals surface area contributed by atoms with E-state index in [-0.39, 0.29) is 5.54 Å². The van der Waals surface area contributed by atoms with Gasteiger partial charge in [-0.2, -0.15) is 0 Å². The van der Waals surface area contributed by atoms with Gasteiger partial charge in [-0.15, -0.1) is 0 Å². The highest BCUT2D eigenvalue weighted by molar-refractivity contribution is 5.49. The first-order valence-electron chi connectivity index (χ1n) is 7.71. The number of aryl methyl sites for hydroxylation is 1. The van der Waals surface area contributed by atoms with Crippen LogP contribution in [0.2, 0.25) is 0 Å². The molecule has 0 radical (unpaired) electrons. The van der Waals surface area contributed by atoms with Gasteiger partial charge in [-0.25, -0.2) is 0 Å². The summed E-state index contributed by atoms with van der Waals surface area (Å²) in [5.41, 5.74) is 10.5. The van der Waals surface area contributed by atoms with Gasteiger partial charge in [0.25, 0.3) is 0 Å². The topological polar surface area (TPSA) is 35.2 Å². The van der Waals surface area contributed by atoms with Crippen LogP contribution in [0.1, 0.15) is 42.4 Å². The standard InChI is InChI=1S/C19H23NO/c1-3-19(20,15-9-5-4-6-10-15)16-13-12-14-8-7-11-17(21-2)18(14)16/h4-11,16H,3,12-13,20H2,1-2H3. The minimum Gasteiger partial charge on any atom is -0.496 e. The Morgan fingerprint density at radius 3 is 2.57 bits per heavy atom. The third-order valence-electron chi connectivity index (χ3n) is 4.95. The van der Waals surface area contributed by atoms with E-state index in [0.717, 1.165) is 25.0 Å². The van der Waals surface area contributed by atoms with E-state index in [1.165, 1.54) is 16.7 Å². The summed E-state index contributed by atoms with van der Waals surface area (Å²) in [4.78, 5) is 0. The van der Waals surface area contributed by atoms with E-state index in [0.29, 0.717) is 5.92 Å². The number of fused-ring (bicyclic) bond motifs is 1. The molecule has 2 aromatic rings. The molecule has 1 aliphatic carbocycles. The molecule has 110 valence electrons. The van der Waals surface area contributed by atoms with Crippen LogP contribution in [0.25, 0.3) is 0 Å². The molecular weight excluding hydrogens is 258 g/mol. The number of ether oxygens (including phenoxy) is 1. The summed E-state index contributed by atoms with van der Waals surface area (Å²) in [6, 6.07) is 16.8. The summed E-state index contributed by atoms with van der Waals surface area (Å²) in [5.74, 6) is 1.30. The van der Waals surface area contributed by atoms with E-state index >= 15 is 0 Å². The van der Waals surface area contributed by atoms with Gasteiger partial charge in [0, 0.05) is 17.0 Å². The zero-order valence-electron chi connectivity index (χ0n) is 12.8. The van der Waals surface area contributed by atoms with Gasteiger partial charge in [0.05, 0.1) is 7.11 Å². The van der Waals surface area contributed by atoms with Crippen LogP contribution in [0, 0.1) is 0 Å². The SMILES string of the molecule is CCC(N)(c1ccccc1)C1CCc2cccc(OC)c21. The number of benzene rings is 2. The molecule has 2 N–H and O–H groups in total. The van der Waals surface area contributed by atoms with Crippen molar-refractivity contribution in [1.82, 2.24) is 0 Å². The molecule has 0 fully saturated rings. The fourth-order valence-electron chi connectivity index (χ4n) is 3.74. The van der Waals surface area contributed by atoms with Crippen molar-refractivity contribution in [1.29, 1.82) is 0 Å². The molecule has 0 saturated carbocycles. The molecule has 1 aliphatic rings. The summed E-state index contributed by atoms with van der Waals surface area (Å²) in [5, 5.41) is 0. The van der Waals surface area contributed by atoms with Crippen LogP contribution in [0.5, 0.6) is 5.75 Å². The lowest BCUT2D eigenvalue weighted by atomic mass is 9.74. The lowest BCUT2D eigenvalue weighted by molar-refractivity contribution is 0.327. The molecule has 3 rings (SSSR count). The summed E-state index contributed by atoms with van der Waals surface area (Å²) in [7, 11) is 1.75. The summed E-state index contributed by atoms with van der Waals surface area (Å²) in [6.07, 6.45) is 3.09. The highest BCUT2D eigenvalue weighted by Gasteiger charge is 2.41. The second-order valence-electron chi connectivity index (χ2n) is 5.88. The van der Waals surface area contributed by atoms with Crippen LogP contribution >= 0.6 is 0 Å². The molecular formula is C19H23NO. The van der Waals surface area contributed by atoms with Crippen molar-refractivity contribution >= 4 is 0 Å². The number of rotatable bonds is 4. The highest BCUT2D eigenvalue weighted by Crippen LogP contribution is 2.49. The minimum absolute atomic E-state index is 0.316. The average molecular weight is 281 g/mol. The third-order valence-corrected chi connectivity index (χ3v) is 4.95. The van der Waals surface area contributed by atoms with E-state index < -0.39 is 0 Å². The number of hydrogen-bond acceptors (Lipinski definition) is 2. The van der Waals surface area contributed by atoms with Crippen LogP contribution in [0.15, 0.2) is 48.5 Å². The van der Waals surface area contributed by atoms with E-state index in [2.05, 4.69) is 49.4 Å². The Labute approximate surface area is 126 Å². The molecule has 2 atom stereocenters. The Hall–Kier alpha value is -1.80. The van der Waals surface area contributed by atoms with E-state index in [1.54, 1.807) is 7.11 Å². The first kappa shape index (κ1) is 14.2. The smallest absolute Gasteiger partial charge is 0.122 e. The quantitative estimate of drug-likeness (QED) is 0.919. The van der Waals surface area contributed by atoms with Crippen LogP contribution in [0.4, 0.5) is 0 Å². The van der Waals surface area contributed by atoms with Crippen molar-refractivity contribution in [3.63, 3.8) is 0 Å². The van der Waals surface area contributed by atoms with Crippen molar-refractivity contribution in [2.75, 3.05) is 7.11 Å². The monoisotopic (exact) mass is 281 g/mol. The van der Waals surface area contributed by atoms with E-state index in [1.807, 2.05) is 6.07 Å². The summed E-state index contributed by atoms with van der Waals surface area (Å²) >= 11 is 0. The van der Waals surface area contributed by atoms with Crippen molar-refractivity contribution in [3.8, 4) is 5.75 Å². The van der Waals surface area contributed by atoms with Gasteiger partial charge in [-0.05, 0) is 36.5 Å². The first-order valence-corrected chi connectivity index (χ1v) is 7.71. The van der Waals surface area contributed by atoms with E-state index in [9.17, 15) is 0 Å². The Bertz CT molecular complexity index is 623. The summed E-state index contributed by atoms with van der Waals surface area (Å²) < 4.78 is 5.61. The maximum Gasteiger partial charge on any atom is 0.122 e. The van der Waals surface area contributed by atoms with E-state index in [4.69, 9.17) is 10.5 Å². The molecule has 0 bridgehead atoms. The highest BCUT2D eigenvalue weighted by atomic mass is 16.5. The Morgan fingerprint density at radius 1 is 1.14 bits per heavy atom. The molecule has 2 heteroatoms. The Kier molecular flexibility index (Phi) is 3.73. The zero-order chi connectivity index (χ0) is 14.9. The minimum atomic E-state index is -0.332. The second kappa shape index (κ2) is 5.53. The molecule has 0 spiro atoms. The third kappa shape index (κ3) is 2.24.